The summed E-state index contributed by atoms with van der Waals surface area (Å²) in [6.07, 6.45) is 3.95. The minimum absolute atomic E-state index is 0.128. The summed E-state index contributed by atoms with van der Waals surface area (Å²) in [4.78, 5) is 0. The molecule has 1 rings (SSSR count). The second kappa shape index (κ2) is 4.62. The number of hydrogen-bond acceptors (Lipinski definition) is 3. The largest absolute Gasteiger partial charge is 0.328 e. The van der Waals surface area contributed by atoms with Crippen LogP contribution < -0.4 is 5.73 Å². The van der Waals surface area contributed by atoms with E-state index < -0.39 is 9.84 Å². The Morgan fingerprint density at radius 3 is 2.21 bits per heavy atom. The molecule has 84 valence electrons. The molecular weight excluding hydrogens is 198 g/mol. The second-order valence-corrected chi connectivity index (χ2v) is 6.99. The first-order valence-corrected chi connectivity index (χ1v) is 7.07. The number of nitrogens with two attached hydrogens (primary N) is 1. The van der Waals surface area contributed by atoms with E-state index in [0.717, 1.165) is 25.7 Å². The third-order valence-electron chi connectivity index (χ3n) is 3.32. The SMILES string of the molecule is CCC(C)S(=O)(=O)C1CCC(N)CC1. The quantitative estimate of drug-likeness (QED) is 0.782. The Kier molecular flexibility index (Phi) is 3.95. The van der Waals surface area contributed by atoms with E-state index in [-0.39, 0.29) is 16.5 Å². The summed E-state index contributed by atoms with van der Waals surface area (Å²) in [6.45, 7) is 3.74. The molecule has 1 aliphatic carbocycles. The molecule has 1 saturated carbocycles. The Bertz CT molecular complexity index is 266. The minimum Gasteiger partial charge on any atom is -0.328 e. The molecule has 1 aliphatic rings. The lowest BCUT2D eigenvalue weighted by Crippen LogP contribution is -2.36. The fourth-order valence-electron chi connectivity index (χ4n) is 1.98. The molecule has 1 fully saturated rings. The Morgan fingerprint density at radius 2 is 1.79 bits per heavy atom. The third-order valence-corrected chi connectivity index (χ3v) is 6.17. The Morgan fingerprint density at radius 1 is 1.29 bits per heavy atom. The van der Waals surface area contributed by atoms with Crippen LogP contribution in [0.1, 0.15) is 46.0 Å². The first-order valence-electron chi connectivity index (χ1n) is 5.46. The van der Waals surface area contributed by atoms with Gasteiger partial charge >= 0.3 is 0 Å². The molecule has 0 aromatic heterocycles. The van der Waals surface area contributed by atoms with Crippen molar-refractivity contribution in [2.45, 2.75) is 62.5 Å². The molecule has 0 amide bonds. The van der Waals surface area contributed by atoms with Crippen LogP contribution in [-0.4, -0.2) is 25.0 Å². The topological polar surface area (TPSA) is 60.2 Å². The summed E-state index contributed by atoms with van der Waals surface area (Å²) >= 11 is 0. The summed E-state index contributed by atoms with van der Waals surface area (Å²) < 4.78 is 24.0. The van der Waals surface area contributed by atoms with Gasteiger partial charge in [-0.3, -0.25) is 0 Å². The predicted octanol–water partition coefficient (Wildman–Crippen LogP) is 1.47. The lowest BCUT2D eigenvalue weighted by molar-refractivity contribution is 0.431. The molecule has 0 aromatic carbocycles. The van der Waals surface area contributed by atoms with Gasteiger partial charge in [-0.15, -0.1) is 0 Å². The highest BCUT2D eigenvalue weighted by molar-refractivity contribution is 7.92. The van der Waals surface area contributed by atoms with Crippen LogP contribution in [0.3, 0.4) is 0 Å². The molecule has 1 atom stereocenters. The number of rotatable bonds is 3. The van der Waals surface area contributed by atoms with Crippen molar-refractivity contribution in [2.75, 3.05) is 0 Å². The summed E-state index contributed by atoms with van der Waals surface area (Å²) in [7, 11) is -2.89. The van der Waals surface area contributed by atoms with Crippen LogP contribution in [0.2, 0.25) is 0 Å². The van der Waals surface area contributed by atoms with Gasteiger partial charge in [0.1, 0.15) is 0 Å². The van der Waals surface area contributed by atoms with E-state index in [4.69, 9.17) is 5.73 Å². The summed E-state index contributed by atoms with van der Waals surface area (Å²) in [5.74, 6) is 0. The van der Waals surface area contributed by atoms with E-state index in [2.05, 4.69) is 0 Å². The molecule has 0 aliphatic heterocycles. The highest BCUT2D eigenvalue weighted by atomic mass is 32.2. The van der Waals surface area contributed by atoms with Crippen LogP contribution in [0.5, 0.6) is 0 Å². The molecule has 0 spiro atoms. The van der Waals surface area contributed by atoms with Crippen molar-refractivity contribution in [3.8, 4) is 0 Å². The van der Waals surface area contributed by atoms with Gasteiger partial charge in [0.25, 0.3) is 0 Å². The first kappa shape index (κ1) is 12.0. The Labute approximate surface area is 87.0 Å². The van der Waals surface area contributed by atoms with Gasteiger partial charge in [-0.2, -0.15) is 0 Å². The molecule has 2 N–H and O–H groups in total. The molecule has 0 heterocycles. The van der Waals surface area contributed by atoms with Crippen LogP contribution in [0.4, 0.5) is 0 Å². The first-order chi connectivity index (χ1) is 6.48. The monoisotopic (exact) mass is 219 g/mol. The maximum absolute atomic E-state index is 12.0. The third kappa shape index (κ3) is 2.48. The van der Waals surface area contributed by atoms with E-state index in [9.17, 15) is 8.42 Å². The van der Waals surface area contributed by atoms with Crippen LogP contribution in [0.15, 0.2) is 0 Å². The molecular formula is C10H21NO2S. The van der Waals surface area contributed by atoms with E-state index in [0.29, 0.717) is 6.42 Å². The normalized spacial score (nSPS) is 31.4. The smallest absolute Gasteiger partial charge is 0.155 e. The average molecular weight is 219 g/mol. The second-order valence-electron chi connectivity index (χ2n) is 4.34. The van der Waals surface area contributed by atoms with Crippen LogP contribution >= 0.6 is 0 Å². The zero-order chi connectivity index (χ0) is 10.8. The van der Waals surface area contributed by atoms with Crippen LogP contribution in [0.25, 0.3) is 0 Å². The average Bonchev–Trinajstić information content (AvgIpc) is 2.17. The van der Waals surface area contributed by atoms with Crippen molar-refractivity contribution in [2.24, 2.45) is 5.73 Å². The predicted molar refractivity (Wildman–Crippen MR) is 58.9 cm³/mol. The van der Waals surface area contributed by atoms with Crippen molar-refractivity contribution in [3.05, 3.63) is 0 Å². The molecule has 0 aromatic rings. The molecule has 0 saturated heterocycles. The molecule has 14 heavy (non-hydrogen) atoms. The summed E-state index contributed by atoms with van der Waals surface area (Å²) in [5, 5.41) is -0.320. The molecule has 3 nitrogen and oxygen atoms in total. The van der Waals surface area contributed by atoms with Crippen LogP contribution in [-0.2, 0) is 9.84 Å². The van der Waals surface area contributed by atoms with Crippen molar-refractivity contribution in [1.29, 1.82) is 0 Å². The maximum Gasteiger partial charge on any atom is 0.155 e. The van der Waals surface area contributed by atoms with E-state index in [1.165, 1.54) is 0 Å². The van der Waals surface area contributed by atoms with E-state index in [1.807, 2.05) is 13.8 Å². The van der Waals surface area contributed by atoms with Gasteiger partial charge in [-0.25, -0.2) is 8.42 Å². The molecule has 4 heteroatoms. The number of sulfone groups is 1. The van der Waals surface area contributed by atoms with E-state index in [1.54, 1.807) is 0 Å². The number of hydrogen-bond donors (Lipinski definition) is 1. The fraction of sp³-hybridized carbons (Fsp3) is 1.00. The minimum atomic E-state index is -2.89. The zero-order valence-electron chi connectivity index (χ0n) is 9.07. The van der Waals surface area contributed by atoms with Gasteiger partial charge in [0.15, 0.2) is 9.84 Å². The van der Waals surface area contributed by atoms with Gasteiger partial charge in [0.2, 0.25) is 0 Å². The van der Waals surface area contributed by atoms with Gasteiger partial charge in [-0.1, -0.05) is 6.92 Å². The lowest BCUT2D eigenvalue weighted by Gasteiger charge is -2.27. The van der Waals surface area contributed by atoms with Crippen molar-refractivity contribution in [1.82, 2.24) is 0 Å². The highest BCUT2D eigenvalue weighted by Crippen LogP contribution is 2.26. The zero-order valence-corrected chi connectivity index (χ0v) is 9.89. The van der Waals surface area contributed by atoms with Gasteiger partial charge in [0, 0.05) is 6.04 Å². The maximum atomic E-state index is 12.0. The molecule has 0 bridgehead atoms. The summed E-state index contributed by atoms with van der Waals surface area (Å²) in [5.41, 5.74) is 5.75. The van der Waals surface area contributed by atoms with Crippen molar-refractivity contribution >= 4 is 9.84 Å². The van der Waals surface area contributed by atoms with Crippen molar-refractivity contribution in [3.63, 3.8) is 0 Å². The van der Waals surface area contributed by atoms with Gasteiger partial charge in [0.05, 0.1) is 10.5 Å². The molecule has 1 unspecified atom stereocenters. The highest BCUT2D eigenvalue weighted by Gasteiger charge is 2.32. The van der Waals surface area contributed by atoms with Gasteiger partial charge < -0.3 is 5.73 Å². The van der Waals surface area contributed by atoms with Crippen LogP contribution in [0, 0.1) is 0 Å². The summed E-state index contributed by atoms with van der Waals surface area (Å²) in [6, 6.07) is 0.221. The Hall–Kier alpha value is -0.0900. The fourth-order valence-corrected chi connectivity index (χ4v) is 4.03. The van der Waals surface area contributed by atoms with E-state index >= 15 is 0 Å². The van der Waals surface area contributed by atoms with Crippen molar-refractivity contribution < 1.29 is 8.42 Å². The van der Waals surface area contributed by atoms with Gasteiger partial charge in [-0.05, 0) is 39.0 Å². The standard InChI is InChI=1S/C10H21NO2S/c1-3-8(2)14(12,13)10-6-4-9(11)5-7-10/h8-10H,3-7,11H2,1-2H3. The lowest BCUT2D eigenvalue weighted by atomic mass is 9.96. The molecule has 0 radical (unpaired) electrons. The Balaban J connectivity index is 2.65.